The number of ether oxygens (including phenoxy) is 2. The van der Waals surface area contributed by atoms with Gasteiger partial charge in [0.05, 0.1) is 10.0 Å². The van der Waals surface area contributed by atoms with E-state index < -0.39 is 21.6 Å². The summed E-state index contributed by atoms with van der Waals surface area (Å²) in [4.78, 5) is 11.7. The summed E-state index contributed by atoms with van der Waals surface area (Å²) in [5.74, 6) is -0.439. The van der Waals surface area contributed by atoms with Gasteiger partial charge < -0.3 is 9.47 Å². The van der Waals surface area contributed by atoms with Gasteiger partial charge in [0.1, 0.15) is 17.1 Å². The second-order valence-electron chi connectivity index (χ2n) is 7.75. The number of esters is 1. The summed E-state index contributed by atoms with van der Waals surface area (Å²) in [5, 5.41) is 0.242. The zero-order valence-electron chi connectivity index (χ0n) is 16.4. The first-order valence-corrected chi connectivity index (χ1v) is 11.5. The van der Waals surface area contributed by atoms with Gasteiger partial charge in [0.2, 0.25) is 10.0 Å². The molecular weight excluding hydrogens is 425 g/mol. The van der Waals surface area contributed by atoms with Gasteiger partial charge in [-0.15, -0.1) is 0 Å². The number of rotatable bonds is 7. The Bertz CT molecular complexity index is 792. The van der Waals surface area contributed by atoms with Gasteiger partial charge in [0.25, 0.3) is 0 Å². The lowest BCUT2D eigenvalue weighted by atomic mass is 10.0. The van der Waals surface area contributed by atoms with Crippen molar-refractivity contribution in [2.45, 2.75) is 63.0 Å². The average Bonchev–Trinajstić information content (AvgIpc) is 2.59. The highest BCUT2D eigenvalue weighted by atomic mass is 35.5. The Morgan fingerprint density at radius 2 is 1.96 bits per heavy atom. The Morgan fingerprint density at radius 1 is 1.25 bits per heavy atom. The van der Waals surface area contributed by atoms with Gasteiger partial charge in [-0.25, -0.2) is 13.2 Å². The average molecular weight is 452 g/mol. The highest BCUT2D eigenvalue weighted by Crippen LogP contribution is 2.34. The summed E-state index contributed by atoms with van der Waals surface area (Å²) in [6.45, 7) is 5.89. The molecule has 0 unspecified atom stereocenters. The topological polar surface area (TPSA) is 72.9 Å². The van der Waals surface area contributed by atoms with Crippen LogP contribution in [0.3, 0.4) is 0 Å². The van der Waals surface area contributed by atoms with E-state index in [-0.39, 0.29) is 34.2 Å². The van der Waals surface area contributed by atoms with Crippen LogP contribution in [-0.4, -0.2) is 50.1 Å². The van der Waals surface area contributed by atoms with Gasteiger partial charge in [0.15, 0.2) is 0 Å². The lowest BCUT2D eigenvalue weighted by Crippen LogP contribution is -2.44. The van der Waals surface area contributed by atoms with Crippen molar-refractivity contribution in [2.24, 2.45) is 0 Å². The zero-order valence-corrected chi connectivity index (χ0v) is 18.7. The van der Waals surface area contributed by atoms with Crippen molar-refractivity contribution in [3.05, 3.63) is 28.2 Å². The van der Waals surface area contributed by atoms with Crippen LogP contribution in [0.1, 0.15) is 46.5 Å². The number of carbonyl (C=O) groups excluding carboxylic acids is 1. The molecule has 1 aliphatic heterocycles. The molecule has 9 heteroatoms. The molecule has 0 N–H and O–H groups in total. The molecule has 0 aromatic heterocycles. The van der Waals surface area contributed by atoms with E-state index in [1.165, 1.54) is 10.4 Å². The predicted molar refractivity (Wildman–Crippen MR) is 109 cm³/mol. The molecule has 1 saturated heterocycles. The Kier molecular flexibility index (Phi) is 8.16. The van der Waals surface area contributed by atoms with Crippen molar-refractivity contribution in [2.75, 3.05) is 19.8 Å². The van der Waals surface area contributed by atoms with Crippen LogP contribution >= 0.6 is 23.2 Å². The van der Waals surface area contributed by atoms with Crippen LogP contribution in [0.15, 0.2) is 23.1 Å². The van der Waals surface area contributed by atoms with E-state index in [1.54, 1.807) is 32.9 Å². The molecule has 158 valence electrons. The number of nitrogens with zero attached hydrogens (tertiary/aromatic N) is 1. The lowest BCUT2D eigenvalue weighted by Gasteiger charge is -2.35. The number of halogens is 2. The fourth-order valence-corrected chi connectivity index (χ4v) is 5.60. The molecular formula is C19H27Cl2NO5S. The van der Waals surface area contributed by atoms with Crippen LogP contribution in [0, 0.1) is 0 Å². The number of piperidine rings is 1. The molecule has 6 nitrogen and oxygen atoms in total. The first kappa shape index (κ1) is 23.4. The molecule has 1 atom stereocenters. The molecule has 0 saturated carbocycles. The molecule has 0 radical (unpaired) electrons. The first-order chi connectivity index (χ1) is 13.0. The van der Waals surface area contributed by atoms with Crippen LogP contribution in [-0.2, 0) is 24.3 Å². The summed E-state index contributed by atoms with van der Waals surface area (Å²) in [7, 11) is -3.77. The summed E-state index contributed by atoms with van der Waals surface area (Å²) in [5.41, 5.74) is -0.565. The van der Waals surface area contributed by atoms with Crippen molar-refractivity contribution in [3.8, 4) is 0 Å². The Labute approximate surface area is 177 Å². The van der Waals surface area contributed by atoms with Gasteiger partial charge in [-0.05, 0) is 52.2 Å². The number of sulfonamides is 1. The lowest BCUT2D eigenvalue weighted by molar-refractivity contribution is -0.160. The molecule has 0 bridgehead atoms. The number of carbonyl (C=O) groups is 1. The minimum Gasteiger partial charge on any atom is -0.458 e. The Hall–Kier alpha value is -0.860. The standard InChI is InChI=1S/C19H27Cl2NO5S/c1-19(2,3)27-17(23)13-26-12-10-14-7-4-5-11-22(14)28(24,25)16-9-6-8-15(20)18(16)21/h6,8-9,14H,4-5,7,10-13H2,1-3H3/t14-/m0/s1. The fourth-order valence-electron chi connectivity index (χ4n) is 3.13. The van der Waals surface area contributed by atoms with Gasteiger partial charge in [0, 0.05) is 19.2 Å². The normalized spacial score (nSPS) is 18.8. The van der Waals surface area contributed by atoms with Gasteiger partial charge in [-0.3, -0.25) is 0 Å². The Balaban J connectivity index is 2.00. The van der Waals surface area contributed by atoms with E-state index >= 15 is 0 Å². The molecule has 0 aliphatic carbocycles. The first-order valence-electron chi connectivity index (χ1n) is 9.28. The molecule has 1 heterocycles. The van der Waals surface area contributed by atoms with Crippen molar-refractivity contribution in [1.82, 2.24) is 4.31 Å². The maximum absolute atomic E-state index is 13.1. The highest BCUT2D eigenvalue weighted by Gasteiger charge is 2.34. The van der Waals surface area contributed by atoms with Crippen LogP contribution in [0.25, 0.3) is 0 Å². The van der Waals surface area contributed by atoms with Gasteiger partial charge >= 0.3 is 5.97 Å². The minimum atomic E-state index is -3.77. The van der Waals surface area contributed by atoms with Crippen molar-refractivity contribution < 1.29 is 22.7 Å². The van der Waals surface area contributed by atoms with E-state index in [9.17, 15) is 13.2 Å². The van der Waals surface area contributed by atoms with Crippen molar-refractivity contribution in [3.63, 3.8) is 0 Å². The second kappa shape index (κ2) is 9.76. The number of hydrogen-bond donors (Lipinski definition) is 0. The summed E-state index contributed by atoms with van der Waals surface area (Å²) < 4.78 is 38.3. The smallest absolute Gasteiger partial charge is 0.332 e. The minimum absolute atomic E-state index is 0.0169. The van der Waals surface area contributed by atoms with Gasteiger partial charge in [-0.2, -0.15) is 4.31 Å². The summed E-state index contributed by atoms with van der Waals surface area (Å²) in [6, 6.07) is 4.38. The Morgan fingerprint density at radius 3 is 2.64 bits per heavy atom. The van der Waals surface area contributed by atoms with Crippen LogP contribution in [0.5, 0.6) is 0 Å². The molecule has 1 aliphatic rings. The monoisotopic (exact) mass is 451 g/mol. The maximum Gasteiger partial charge on any atom is 0.332 e. The van der Waals surface area contributed by atoms with E-state index in [0.717, 1.165) is 19.3 Å². The van der Waals surface area contributed by atoms with Crippen molar-refractivity contribution in [1.29, 1.82) is 0 Å². The number of hydrogen-bond acceptors (Lipinski definition) is 5. The highest BCUT2D eigenvalue weighted by molar-refractivity contribution is 7.89. The third-order valence-electron chi connectivity index (χ3n) is 4.31. The van der Waals surface area contributed by atoms with E-state index in [2.05, 4.69) is 0 Å². The van der Waals surface area contributed by atoms with E-state index in [0.29, 0.717) is 13.0 Å². The fraction of sp³-hybridized carbons (Fsp3) is 0.632. The molecule has 28 heavy (non-hydrogen) atoms. The zero-order chi connectivity index (χ0) is 20.9. The molecule has 1 aromatic rings. The van der Waals surface area contributed by atoms with Crippen LogP contribution in [0.4, 0.5) is 0 Å². The molecule has 0 amide bonds. The van der Waals surface area contributed by atoms with Crippen LogP contribution in [0.2, 0.25) is 10.0 Å². The summed E-state index contributed by atoms with van der Waals surface area (Å²) >= 11 is 12.1. The molecule has 2 rings (SSSR count). The van der Waals surface area contributed by atoms with Crippen LogP contribution < -0.4 is 0 Å². The third-order valence-corrected chi connectivity index (χ3v) is 7.24. The second-order valence-corrected chi connectivity index (χ2v) is 10.4. The summed E-state index contributed by atoms with van der Waals surface area (Å²) in [6.07, 6.45) is 2.94. The molecule has 0 spiro atoms. The third kappa shape index (κ3) is 6.32. The quantitative estimate of drug-likeness (QED) is 0.456. The molecule has 1 aromatic carbocycles. The van der Waals surface area contributed by atoms with E-state index in [1.807, 2.05) is 0 Å². The number of benzene rings is 1. The van der Waals surface area contributed by atoms with E-state index in [4.69, 9.17) is 32.7 Å². The SMILES string of the molecule is CC(C)(C)OC(=O)COCC[C@@H]1CCCCN1S(=O)(=O)c1cccc(Cl)c1Cl. The predicted octanol–water partition coefficient (Wildman–Crippen LogP) is 4.29. The molecule has 1 fully saturated rings. The maximum atomic E-state index is 13.1. The van der Waals surface area contributed by atoms with Gasteiger partial charge in [-0.1, -0.05) is 35.7 Å². The van der Waals surface area contributed by atoms with Crippen molar-refractivity contribution >= 4 is 39.2 Å². The largest absolute Gasteiger partial charge is 0.458 e.